The molecule has 0 N–H and O–H groups in total. The third kappa shape index (κ3) is 6.33. The molecule has 0 spiro atoms. The van der Waals surface area contributed by atoms with Crippen molar-refractivity contribution in [3.8, 4) is 0 Å². The number of esters is 1. The van der Waals surface area contributed by atoms with Gasteiger partial charge < -0.3 is 9.53 Å². The molecule has 1 aliphatic rings. The summed E-state index contributed by atoms with van der Waals surface area (Å²) in [4.78, 5) is 22.0. The molecule has 3 nitrogen and oxygen atoms in total. The van der Waals surface area contributed by atoms with Crippen LogP contribution in [0.25, 0.3) is 0 Å². The summed E-state index contributed by atoms with van der Waals surface area (Å²) in [6.07, 6.45) is 8.86. The summed E-state index contributed by atoms with van der Waals surface area (Å²) < 4.78 is 5.42. The molecule has 3 unspecified atom stereocenters. The van der Waals surface area contributed by atoms with Gasteiger partial charge in [-0.1, -0.05) is 46.3 Å². The number of allylic oxidation sites excluding steroid dienone is 2. The molecule has 22 heavy (non-hydrogen) atoms. The Hall–Kier alpha value is -1.12. The molecule has 1 fully saturated rings. The average molecular weight is 310 g/mol. The fraction of sp³-hybridized carbons (Fsp3) is 0.789. The van der Waals surface area contributed by atoms with Crippen molar-refractivity contribution >= 4 is 12.3 Å². The maximum absolute atomic E-state index is 11.2. The van der Waals surface area contributed by atoms with Gasteiger partial charge in [0.2, 0.25) is 0 Å². The van der Waals surface area contributed by atoms with E-state index in [2.05, 4.69) is 26.8 Å². The second-order valence-corrected chi connectivity index (χ2v) is 6.26. The number of hydrogen-bond donors (Lipinski definition) is 0. The largest absolute Gasteiger partial charge is 0.463 e. The third-order valence-corrected chi connectivity index (χ3v) is 4.37. The van der Waals surface area contributed by atoms with Gasteiger partial charge in [-0.2, -0.15) is 0 Å². The minimum Gasteiger partial charge on any atom is -0.463 e. The standard InChI is InChI=1S/C17H28O3.C2H6/c1-5-7-16(13(2)9-11-18)17(4)10-6-8-15(12-17)20-14(3)19;1-2/h7,11,13,15H,5-6,8-10,12H2,1-4H3;1-2H3/b16-7-;. The SMILES string of the molecule is CC.CC/C=C(/C(C)CC=O)C1(C)CCCC(OC(C)=O)C1. The Morgan fingerprint density at radius 2 is 2.05 bits per heavy atom. The van der Waals surface area contributed by atoms with Crippen LogP contribution in [0, 0.1) is 11.3 Å². The quantitative estimate of drug-likeness (QED) is 0.390. The van der Waals surface area contributed by atoms with Crippen LogP contribution in [0.3, 0.4) is 0 Å². The molecule has 3 atom stereocenters. The van der Waals surface area contributed by atoms with E-state index >= 15 is 0 Å². The highest BCUT2D eigenvalue weighted by Crippen LogP contribution is 2.46. The smallest absolute Gasteiger partial charge is 0.302 e. The average Bonchev–Trinajstić information content (AvgIpc) is 2.46. The van der Waals surface area contributed by atoms with Gasteiger partial charge in [-0.15, -0.1) is 0 Å². The van der Waals surface area contributed by atoms with Gasteiger partial charge >= 0.3 is 5.97 Å². The maximum Gasteiger partial charge on any atom is 0.302 e. The van der Waals surface area contributed by atoms with E-state index in [1.807, 2.05) is 13.8 Å². The zero-order valence-corrected chi connectivity index (χ0v) is 15.3. The van der Waals surface area contributed by atoms with Crippen LogP contribution in [0.1, 0.15) is 80.1 Å². The van der Waals surface area contributed by atoms with E-state index in [0.717, 1.165) is 38.4 Å². The van der Waals surface area contributed by atoms with Gasteiger partial charge in [-0.3, -0.25) is 4.79 Å². The number of carbonyl (C=O) groups is 2. The summed E-state index contributed by atoms with van der Waals surface area (Å²) in [5.41, 5.74) is 1.42. The lowest BCUT2D eigenvalue weighted by molar-refractivity contribution is -0.149. The van der Waals surface area contributed by atoms with E-state index in [-0.39, 0.29) is 23.4 Å². The Labute approximate surface area is 136 Å². The predicted molar refractivity (Wildman–Crippen MR) is 91.7 cm³/mol. The molecule has 0 aromatic heterocycles. The monoisotopic (exact) mass is 310 g/mol. The van der Waals surface area contributed by atoms with Crippen LogP contribution in [0.15, 0.2) is 11.6 Å². The first-order chi connectivity index (χ1) is 10.4. The van der Waals surface area contributed by atoms with Crippen LogP contribution in [0.5, 0.6) is 0 Å². The van der Waals surface area contributed by atoms with Crippen LogP contribution >= 0.6 is 0 Å². The predicted octanol–water partition coefficient (Wildman–Crippen LogP) is 5.09. The molecule has 0 aliphatic heterocycles. The molecule has 0 heterocycles. The number of hydrogen-bond acceptors (Lipinski definition) is 3. The Kier molecular flexibility index (Phi) is 10.0. The zero-order chi connectivity index (χ0) is 17.2. The fourth-order valence-electron chi connectivity index (χ4n) is 3.56. The Morgan fingerprint density at radius 3 is 2.55 bits per heavy atom. The van der Waals surface area contributed by atoms with E-state index in [1.54, 1.807) is 0 Å². The van der Waals surface area contributed by atoms with Crippen LogP contribution in [-0.4, -0.2) is 18.4 Å². The lowest BCUT2D eigenvalue weighted by Crippen LogP contribution is -2.35. The molecule has 0 radical (unpaired) electrons. The van der Waals surface area contributed by atoms with E-state index in [4.69, 9.17) is 4.74 Å². The highest BCUT2D eigenvalue weighted by atomic mass is 16.5. The molecule has 3 heteroatoms. The van der Waals surface area contributed by atoms with Gasteiger partial charge in [0.15, 0.2) is 0 Å². The van der Waals surface area contributed by atoms with Crippen LogP contribution in [0.4, 0.5) is 0 Å². The van der Waals surface area contributed by atoms with E-state index in [0.29, 0.717) is 6.42 Å². The lowest BCUT2D eigenvalue weighted by Gasteiger charge is -2.41. The van der Waals surface area contributed by atoms with Gasteiger partial charge in [0.05, 0.1) is 0 Å². The highest BCUT2D eigenvalue weighted by Gasteiger charge is 2.37. The first-order valence-electron chi connectivity index (χ1n) is 8.74. The number of rotatable bonds is 6. The van der Waals surface area contributed by atoms with Crippen molar-refractivity contribution in [1.29, 1.82) is 0 Å². The lowest BCUT2D eigenvalue weighted by atomic mass is 9.65. The minimum absolute atomic E-state index is 0.0231. The first-order valence-corrected chi connectivity index (χ1v) is 8.74. The molecular weight excluding hydrogens is 276 g/mol. The van der Waals surface area contributed by atoms with Gasteiger partial charge in [0, 0.05) is 13.3 Å². The first kappa shape index (κ1) is 20.9. The molecule has 0 aromatic carbocycles. The summed E-state index contributed by atoms with van der Waals surface area (Å²) in [5.74, 6) is 0.0785. The van der Waals surface area contributed by atoms with Gasteiger partial charge in [0.25, 0.3) is 0 Å². The molecule has 1 rings (SSSR count). The van der Waals surface area contributed by atoms with Crippen LogP contribution < -0.4 is 0 Å². The Morgan fingerprint density at radius 1 is 1.41 bits per heavy atom. The van der Waals surface area contributed by atoms with Crippen molar-refractivity contribution in [3.63, 3.8) is 0 Å². The number of aldehydes is 1. The minimum atomic E-state index is -0.193. The molecule has 128 valence electrons. The molecule has 0 amide bonds. The topological polar surface area (TPSA) is 43.4 Å². The Balaban J connectivity index is 0.00000211. The zero-order valence-electron chi connectivity index (χ0n) is 15.3. The van der Waals surface area contributed by atoms with E-state index in [9.17, 15) is 9.59 Å². The molecule has 0 aromatic rings. The van der Waals surface area contributed by atoms with Gasteiger partial charge in [-0.25, -0.2) is 0 Å². The summed E-state index contributed by atoms with van der Waals surface area (Å²) in [6, 6.07) is 0. The van der Waals surface area contributed by atoms with Gasteiger partial charge in [-0.05, 0) is 43.4 Å². The summed E-state index contributed by atoms with van der Waals surface area (Å²) in [5, 5.41) is 0. The van der Waals surface area contributed by atoms with Crippen molar-refractivity contribution in [1.82, 2.24) is 0 Å². The number of carbonyl (C=O) groups excluding carboxylic acids is 2. The summed E-state index contributed by atoms with van der Waals surface area (Å²) in [6.45, 7) is 12.0. The fourth-order valence-corrected chi connectivity index (χ4v) is 3.56. The molecule has 0 saturated heterocycles. The van der Waals surface area contributed by atoms with Crippen molar-refractivity contribution in [3.05, 3.63) is 11.6 Å². The van der Waals surface area contributed by atoms with Crippen molar-refractivity contribution in [2.45, 2.75) is 86.2 Å². The van der Waals surface area contributed by atoms with Crippen LogP contribution in [0.2, 0.25) is 0 Å². The molecular formula is C19H34O3. The van der Waals surface area contributed by atoms with Gasteiger partial charge in [0.1, 0.15) is 12.4 Å². The Bertz CT molecular complexity index is 373. The second-order valence-electron chi connectivity index (χ2n) is 6.26. The number of ether oxygens (including phenoxy) is 1. The summed E-state index contributed by atoms with van der Waals surface area (Å²) in [7, 11) is 0. The van der Waals surface area contributed by atoms with Crippen molar-refractivity contribution in [2.75, 3.05) is 0 Å². The molecule has 1 saturated carbocycles. The molecule has 1 aliphatic carbocycles. The van der Waals surface area contributed by atoms with E-state index in [1.165, 1.54) is 12.5 Å². The summed E-state index contributed by atoms with van der Waals surface area (Å²) >= 11 is 0. The van der Waals surface area contributed by atoms with E-state index < -0.39 is 0 Å². The third-order valence-electron chi connectivity index (χ3n) is 4.37. The highest BCUT2D eigenvalue weighted by molar-refractivity contribution is 5.66. The maximum atomic E-state index is 11.2. The van der Waals surface area contributed by atoms with Crippen molar-refractivity contribution in [2.24, 2.45) is 11.3 Å². The normalized spacial score (nSPS) is 26.5. The molecule has 0 bridgehead atoms. The second kappa shape index (κ2) is 10.6. The van der Waals surface area contributed by atoms with Crippen LogP contribution in [-0.2, 0) is 14.3 Å². The van der Waals surface area contributed by atoms with Crippen molar-refractivity contribution < 1.29 is 14.3 Å².